The van der Waals surface area contributed by atoms with Crippen LogP contribution in [0.4, 0.5) is 0 Å². The van der Waals surface area contributed by atoms with E-state index in [0.717, 1.165) is 0 Å². The van der Waals surface area contributed by atoms with Gasteiger partial charge in [-0.05, 0) is 13.8 Å². The van der Waals surface area contributed by atoms with Gasteiger partial charge in [0.1, 0.15) is 6.61 Å². The van der Waals surface area contributed by atoms with Gasteiger partial charge in [0.15, 0.2) is 6.16 Å². The van der Waals surface area contributed by atoms with Gasteiger partial charge in [0, 0.05) is 11.1 Å². The molecule has 0 rings (SSSR count). The normalized spacial score (nSPS) is 9.47. The number of rotatable bonds is 5. The minimum absolute atomic E-state index is 0.0929. The van der Waals surface area contributed by atoms with E-state index < -0.39 is 20.0 Å². The largest absolute Gasteiger partial charge is 0.595 e. The molecule has 0 saturated carbocycles. The van der Waals surface area contributed by atoms with Crippen LogP contribution in [0.3, 0.4) is 0 Å². The van der Waals surface area contributed by atoms with Crippen LogP contribution in [-0.2, 0) is 18.9 Å². The Hall–Kier alpha value is -1.52. The van der Waals surface area contributed by atoms with Crippen LogP contribution < -0.4 is 4.89 Å². The Bertz CT molecular complexity index is 322. The molecular formula is C10H15O6P. The summed E-state index contributed by atoms with van der Waals surface area (Å²) in [5.74, 6) is -1.49. The third-order valence-electron chi connectivity index (χ3n) is 1.22. The lowest BCUT2D eigenvalue weighted by Crippen LogP contribution is -2.09. The first-order valence-corrected chi connectivity index (χ1v) is 5.88. The Morgan fingerprint density at radius 1 is 1.29 bits per heavy atom. The quantitative estimate of drug-likeness (QED) is 0.447. The van der Waals surface area contributed by atoms with E-state index in [-0.39, 0.29) is 23.9 Å². The predicted octanol–water partition coefficient (Wildman–Crippen LogP) is 0.855. The number of esters is 1. The molecule has 1 N–H and O–H groups in total. The Morgan fingerprint density at radius 3 is 1.94 bits per heavy atom. The van der Waals surface area contributed by atoms with Crippen molar-refractivity contribution in [3.05, 3.63) is 24.3 Å². The van der Waals surface area contributed by atoms with Crippen molar-refractivity contribution in [2.45, 2.75) is 13.8 Å². The van der Waals surface area contributed by atoms with Crippen molar-refractivity contribution in [3.8, 4) is 0 Å². The summed E-state index contributed by atoms with van der Waals surface area (Å²) in [5.41, 5.74) is 0.445. The number of carboxylic acids is 1. The Kier molecular flexibility index (Phi) is 10.2. The number of carboxylic acid groups (broad SMARTS) is 1. The van der Waals surface area contributed by atoms with Gasteiger partial charge in [-0.3, -0.25) is 0 Å². The minimum atomic E-state index is -2.46. The van der Waals surface area contributed by atoms with E-state index >= 15 is 0 Å². The van der Waals surface area contributed by atoms with Gasteiger partial charge in [0.05, 0.1) is 0 Å². The average Bonchev–Trinajstić information content (AvgIpc) is 2.17. The summed E-state index contributed by atoms with van der Waals surface area (Å²) >= 11 is 0. The van der Waals surface area contributed by atoms with Crippen molar-refractivity contribution < 1.29 is 28.9 Å². The molecule has 0 aliphatic rings. The number of hydrogen-bond donors (Lipinski definition) is 1. The van der Waals surface area contributed by atoms with E-state index in [0.29, 0.717) is 0 Å². The van der Waals surface area contributed by atoms with Gasteiger partial charge < -0.3 is 14.7 Å². The summed E-state index contributed by atoms with van der Waals surface area (Å²) < 4.78 is 14.5. The number of ether oxygens (including phenoxy) is 1. The van der Waals surface area contributed by atoms with Crippen LogP contribution in [0.5, 0.6) is 0 Å². The van der Waals surface area contributed by atoms with E-state index in [1.807, 2.05) is 0 Å². The van der Waals surface area contributed by atoms with Gasteiger partial charge in [-0.15, -0.1) is 0 Å². The minimum Gasteiger partial charge on any atom is -0.595 e. The smallest absolute Gasteiger partial charge is 0.333 e. The standard InChI is InChI=1S/C6H9O4P.C4H6O2/c1-5(2)6(7)10-3-4-11(8)9;1-3(2)4(5)6/h1,3-4H2,2H3;1H2,2H3,(H,5,6). The van der Waals surface area contributed by atoms with Gasteiger partial charge in [0.25, 0.3) is 0 Å². The highest BCUT2D eigenvalue weighted by atomic mass is 31.1. The van der Waals surface area contributed by atoms with Crippen molar-refractivity contribution in [1.82, 2.24) is 0 Å². The van der Waals surface area contributed by atoms with Crippen molar-refractivity contribution in [1.29, 1.82) is 0 Å². The number of hydrogen-bond acceptors (Lipinski definition) is 5. The number of carbonyl (C=O) groups is 2. The van der Waals surface area contributed by atoms with Crippen LogP contribution in [0.15, 0.2) is 24.3 Å². The summed E-state index contributed by atoms with van der Waals surface area (Å²) in [6.07, 6.45) is -0.131. The summed E-state index contributed by atoms with van der Waals surface area (Å²) in [4.78, 5) is 30.2. The molecule has 0 heterocycles. The molecule has 0 spiro atoms. The first-order chi connectivity index (χ1) is 7.68. The van der Waals surface area contributed by atoms with Crippen molar-refractivity contribution >= 4 is 20.0 Å². The molecule has 0 aromatic rings. The Labute approximate surface area is 100 Å². The molecule has 0 bridgehead atoms. The van der Waals surface area contributed by atoms with Crippen molar-refractivity contribution in [2.75, 3.05) is 12.8 Å². The lowest BCUT2D eigenvalue weighted by molar-refractivity contribution is -0.165. The molecule has 96 valence electrons. The molecule has 0 aromatic carbocycles. The highest BCUT2D eigenvalue weighted by molar-refractivity contribution is 7.36. The molecule has 0 saturated heterocycles. The van der Waals surface area contributed by atoms with Crippen LogP contribution in [-0.4, -0.2) is 29.8 Å². The number of aliphatic carboxylic acids is 1. The zero-order valence-electron chi connectivity index (χ0n) is 9.76. The summed E-state index contributed by atoms with van der Waals surface area (Å²) in [6.45, 7) is 9.34. The molecule has 1 atom stereocenters. The molecule has 7 heteroatoms. The van der Waals surface area contributed by atoms with E-state index in [9.17, 15) is 19.0 Å². The molecule has 0 amide bonds. The fraction of sp³-hybridized carbons (Fsp3) is 0.400. The van der Waals surface area contributed by atoms with E-state index in [2.05, 4.69) is 17.9 Å². The van der Waals surface area contributed by atoms with Crippen LogP contribution in [0, 0.1) is 0 Å². The summed E-state index contributed by atoms with van der Waals surface area (Å²) in [7, 11) is -2.46. The maximum Gasteiger partial charge on any atom is 0.333 e. The van der Waals surface area contributed by atoms with E-state index in [1.54, 1.807) is 0 Å². The average molecular weight is 262 g/mol. The van der Waals surface area contributed by atoms with E-state index in [1.165, 1.54) is 13.8 Å². The molecule has 0 aliphatic heterocycles. The fourth-order valence-corrected chi connectivity index (χ4v) is 0.576. The topological polar surface area (TPSA) is 104 Å². The van der Waals surface area contributed by atoms with Gasteiger partial charge in [-0.2, -0.15) is 0 Å². The van der Waals surface area contributed by atoms with Gasteiger partial charge >= 0.3 is 20.0 Å². The molecule has 0 fully saturated rings. The lowest BCUT2D eigenvalue weighted by Gasteiger charge is -1.98. The van der Waals surface area contributed by atoms with Crippen LogP contribution >= 0.6 is 8.03 Å². The Morgan fingerprint density at radius 2 is 1.71 bits per heavy atom. The maximum atomic E-state index is 10.6. The third kappa shape index (κ3) is 14.5. The first-order valence-electron chi connectivity index (χ1n) is 4.51. The Balaban J connectivity index is 0. The molecule has 1 unspecified atom stereocenters. The number of carbonyl (C=O) groups excluding carboxylic acids is 1. The SMILES string of the molecule is C=C(C)C(=O)O.C=C(C)C(=O)OCC[P+](=O)[O-]. The lowest BCUT2D eigenvalue weighted by atomic mass is 10.4. The van der Waals surface area contributed by atoms with Crippen LogP contribution in [0.1, 0.15) is 13.8 Å². The second kappa shape index (κ2) is 9.69. The van der Waals surface area contributed by atoms with Gasteiger partial charge in [-0.25, -0.2) is 9.59 Å². The molecule has 0 aliphatic carbocycles. The van der Waals surface area contributed by atoms with Crippen molar-refractivity contribution in [3.63, 3.8) is 0 Å². The van der Waals surface area contributed by atoms with Crippen LogP contribution in [0.25, 0.3) is 0 Å². The molecule has 17 heavy (non-hydrogen) atoms. The second-order valence-electron chi connectivity index (χ2n) is 3.06. The molecular weight excluding hydrogens is 247 g/mol. The maximum absolute atomic E-state index is 10.6. The monoisotopic (exact) mass is 262 g/mol. The zero-order chi connectivity index (χ0) is 14.0. The van der Waals surface area contributed by atoms with Gasteiger partial charge in [0.2, 0.25) is 0 Å². The first kappa shape index (κ1) is 17.9. The summed E-state index contributed by atoms with van der Waals surface area (Å²) in [6, 6.07) is 0. The fourth-order valence-electron chi connectivity index (χ4n) is 0.336. The van der Waals surface area contributed by atoms with E-state index in [4.69, 9.17) is 5.11 Å². The van der Waals surface area contributed by atoms with Gasteiger partial charge in [-0.1, -0.05) is 17.7 Å². The highest BCUT2D eigenvalue weighted by Gasteiger charge is 2.05. The molecule has 6 nitrogen and oxygen atoms in total. The molecule has 0 radical (unpaired) electrons. The predicted molar refractivity (Wildman–Crippen MR) is 60.7 cm³/mol. The third-order valence-corrected chi connectivity index (χ3v) is 1.77. The summed E-state index contributed by atoms with van der Waals surface area (Å²) in [5, 5.41) is 7.89. The molecule has 0 aromatic heterocycles. The van der Waals surface area contributed by atoms with Crippen molar-refractivity contribution in [2.24, 2.45) is 0 Å². The van der Waals surface area contributed by atoms with Crippen LogP contribution in [0.2, 0.25) is 0 Å². The second-order valence-corrected chi connectivity index (χ2v) is 4.17. The highest BCUT2D eigenvalue weighted by Crippen LogP contribution is 2.05. The zero-order valence-corrected chi connectivity index (χ0v) is 10.7.